The van der Waals surface area contributed by atoms with Gasteiger partial charge in [-0.15, -0.1) is 0 Å². The molecule has 0 amide bonds. The fourth-order valence-electron chi connectivity index (χ4n) is 5.03. The van der Waals surface area contributed by atoms with Crippen LogP contribution in [0, 0.1) is 13.8 Å². The monoisotopic (exact) mass is 610 g/mol. The van der Waals surface area contributed by atoms with E-state index in [9.17, 15) is 0 Å². The third-order valence-corrected chi connectivity index (χ3v) is 8.00. The van der Waals surface area contributed by atoms with Crippen LogP contribution in [0.4, 0.5) is 5.69 Å². The van der Waals surface area contributed by atoms with Crippen LogP contribution >= 0.6 is 39.7 Å². The maximum Gasteiger partial charge on any atom is 0.174 e. The summed E-state index contributed by atoms with van der Waals surface area (Å²) in [5.74, 6) is 0.607. The van der Waals surface area contributed by atoms with E-state index in [1.807, 2.05) is 54.7 Å². The molecule has 6 nitrogen and oxygen atoms in total. The second-order valence-electron chi connectivity index (χ2n) is 9.07. The summed E-state index contributed by atoms with van der Waals surface area (Å²) in [6.07, 6.45) is 1.81. The zero-order chi connectivity index (χ0) is 26.8. The van der Waals surface area contributed by atoms with Gasteiger partial charge in [-0.2, -0.15) is 0 Å². The summed E-state index contributed by atoms with van der Waals surface area (Å²) >= 11 is 16.3. The van der Waals surface area contributed by atoms with E-state index in [2.05, 4.69) is 67.7 Å². The normalized spacial score (nSPS) is 17.1. The van der Waals surface area contributed by atoms with Crippen LogP contribution in [0.25, 0.3) is 5.69 Å². The molecule has 1 aliphatic heterocycles. The fourth-order valence-corrected chi connectivity index (χ4v) is 6.07. The van der Waals surface area contributed by atoms with Crippen molar-refractivity contribution in [3.63, 3.8) is 0 Å². The number of benzene rings is 2. The van der Waals surface area contributed by atoms with Crippen LogP contribution in [0.5, 0.6) is 5.75 Å². The summed E-state index contributed by atoms with van der Waals surface area (Å²) in [5.41, 5.74) is 6.28. The first-order chi connectivity index (χ1) is 18.4. The molecule has 0 saturated carbocycles. The predicted octanol–water partition coefficient (Wildman–Crippen LogP) is 7.11. The van der Waals surface area contributed by atoms with Crippen LogP contribution in [-0.2, 0) is 4.74 Å². The number of aromatic nitrogens is 2. The average Bonchev–Trinajstić information content (AvgIpc) is 3.41. The number of hydrogen-bond donors (Lipinski definition) is 1. The van der Waals surface area contributed by atoms with Crippen molar-refractivity contribution in [1.29, 1.82) is 0 Å². The van der Waals surface area contributed by atoms with Gasteiger partial charge in [-0.25, -0.2) is 0 Å². The maximum atomic E-state index is 6.66. The van der Waals surface area contributed by atoms with Crippen molar-refractivity contribution in [1.82, 2.24) is 14.9 Å². The van der Waals surface area contributed by atoms with Crippen molar-refractivity contribution in [2.75, 3.05) is 25.2 Å². The van der Waals surface area contributed by atoms with E-state index in [0.717, 1.165) is 38.5 Å². The molecule has 1 N–H and O–H groups in total. The van der Waals surface area contributed by atoms with Gasteiger partial charge >= 0.3 is 0 Å². The van der Waals surface area contributed by atoms with E-state index >= 15 is 0 Å². The third kappa shape index (κ3) is 5.06. The van der Waals surface area contributed by atoms with Crippen molar-refractivity contribution in [2.24, 2.45) is 0 Å². The number of pyridine rings is 1. The molecule has 1 fully saturated rings. The molecule has 2 aromatic heterocycles. The highest BCUT2D eigenvalue weighted by molar-refractivity contribution is 9.10. The Balaban J connectivity index is 1.61. The number of aryl methyl sites for hydroxylation is 1. The quantitative estimate of drug-likeness (QED) is 0.169. The molecule has 0 radical (unpaired) electrons. The van der Waals surface area contributed by atoms with Crippen LogP contribution in [0.3, 0.4) is 0 Å². The van der Waals surface area contributed by atoms with Gasteiger partial charge in [0.25, 0.3) is 0 Å². The molecule has 196 valence electrons. The first-order valence-electron chi connectivity index (χ1n) is 12.3. The van der Waals surface area contributed by atoms with Crippen molar-refractivity contribution >= 4 is 50.5 Å². The Labute approximate surface area is 241 Å². The lowest BCUT2D eigenvalue weighted by Crippen LogP contribution is -2.29. The Morgan fingerprint density at radius 2 is 1.84 bits per heavy atom. The molecule has 0 aliphatic carbocycles. The first kappa shape index (κ1) is 26.7. The molecular formula is C29H28BrClN4O2S. The summed E-state index contributed by atoms with van der Waals surface area (Å²) in [4.78, 5) is 6.81. The van der Waals surface area contributed by atoms with Gasteiger partial charge in [0.15, 0.2) is 5.11 Å². The zero-order valence-corrected chi connectivity index (χ0v) is 24.5. The van der Waals surface area contributed by atoms with Crippen LogP contribution < -0.4 is 15.0 Å². The number of hydrogen-bond acceptors (Lipinski definition) is 4. The lowest BCUT2D eigenvalue weighted by atomic mass is 9.96. The first-order valence-corrected chi connectivity index (χ1v) is 13.8. The number of para-hydroxylation sites is 1. The minimum atomic E-state index is -0.159. The Morgan fingerprint density at radius 3 is 2.55 bits per heavy atom. The van der Waals surface area contributed by atoms with Gasteiger partial charge in [-0.05, 0) is 96.1 Å². The predicted molar refractivity (Wildman–Crippen MR) is 160 cm³/mol. The average molecular weight is 612 g/mol. The SMILES string of the molecule is COCCOc1ccc(N2C(=S)N[C@@H](c3ccccn3)[C@H]2c2cc(C)n(-c3ccccc3Br)c2C)cc1Cl. The summed E-state index contributed by atoms with van der Waals surface area (Å²) in [6, 6.07) is 21.9. The van der Waals surface area contributed by atoms with Gasteiger partial charge < -0.3 is 24.3 Å². The second-order valence-corrected chi connectivity index (χ2v) is 10.7. The Bertz CT molecular complexity index is 1460. The number of ether oxygens (including phenoxy) is 2. The molecule has 4 aromatic rings. The van der Waals surface area contributed by atoms with Crippen molar-refractivity contribution in [3.05, 3.63) is 105 Å². The van der Waals surface area contributed by atoms with Gasteiger partial charge in [0.05, 0.1) is 35.1 Å². The summed E-state index contributed by atoms with van der Waals surface area (Å²) in [5, 5.41) is 4.66. The number of halogens is 2. The summed E-state index contributed by atoms with van der Waals surface area (Å²) < 4.78 is 14.2. The van der Waals surface area contributed by atoms with E-state index in [1.165, 1.54) is 0 Å². The molecule has 3 heterocycles. The molecule has 0 unspecified atom stereocenters. The van der Waals surface area contributed by atoms with Crippen molar-refractivity contribution in [3.8, 4) is 11.4 Å². The number of thiocarbonyl (C=S) groups is 1. The van der Waals surface area contributed by atoms with Gasteiger partial charge in [-0.3, -0.25) is 4.98 Å². The molecule has 2 aromatic carbocycles. The van der Waals surface area contributed by atoms with Gasteiger partial charge in [0.2, 0.25) is 0 Å². The maximum absolute atomic E-state index is 6.66. The molecule has 38 heavy (non-hydrogen) atoms. The lowest BCUT2D eigenvalue weighted by Gasteiger charge is -2.28. The van der Waals surface area contributed by atoms with E-state index in [1.54, 1.807) is 7.11 Å². The molecule has 0 bridgehead atoms. The molecule has 0 spiro atoms. The standard InChI is InChI=1S/C29H28BrClN4O2S/c1-18-16-21(19(2)34(18)25-10-5-4-8-22(25)30)28-27(24-9-6-7-13-32-24)33-29(38)35(28)20-11-12-26(23(31)17-20)37-15-14-36-3/h4-13,16-17,27-28H,14-15H2,1-3H3,(H,33,38)/t27-,28+/m0/s1. The Hall–Kier alpha value is -2.91. The number of rotatable bonds is 8. The highest BCUT2D eigenvalue weighted by atomic mass is 79.9. The van der Waals surface area contributed by atoms with Gasteiger partial charge in [-0.1, -0.05) is 29.8 Å². The van der Waals surface area contributed by atoms with E-state index in [-0.39, 0.29) is 12.1 Å². The van der Waals surface area contributed by atoms with Crippen molar-refractivity contribution in [2.45, 2.75) is 25.9 Å². The van der Waals surface area contributed by atoms with Crippen molar-refractivity contribution < 1.29 is 9.47 Å². The number of anilines is 1. The van der Waals surface area contributed by atoms with Crippen LogP contribution in [0.2, 0.25) is 5.02 Å². The van der Waals surface area contributed by atoms with Crippen LogP contribution in [-0.4, -0.2) is 35.0 Å². The molecule has 9 heteroatoms. The fraction of sp³-hybridized carbons (Fsp3) is 0.241. The minimum absolute atomic E-state index is 0.156. The Kier molecular flexibility index (Phi) is 8.04. The van der Waals surface area contributed by atoms with E-state index in [0.29, 0.717) is 29.1 Å². The highest BCUT2D eigenvalue weighted by Gasteiger charge is 2.42. The largest absolute Gasteiger partial charge is 0.490 e. The second kappa shape index (κ2) is 11.5. The Morgan fingerprint density at radius 1 is 1.05 bits per heavy atom. The third-order valence-electron chi connectivity index (χ3n) is 6.72. The molecule has 2 atom stereocenters. The number of nitrogens with one attached hydrogen (secondary N) is 1. The van der Waals surface area contributed by atoms with E-state index < -0.39 is 0 Å². The summed E-state index contributed by atoms with van der Waals surface area (Å²) in [7, 11) is 1.64. The molecule has 1 saturated heterocycles. The highest BCUT2D eigenvalue weighted by Crippen LogP contribution is 2.45. The minimum Gasteiger partial charge on any atom is -0.490 e. The van der Waals surface area contributed by atoms with Crippen LogP contribution in [0.15, 0.2) is 77.4 Å². The molecular weight excluding hydrogens is 584 g/mol. The smallest absolute Gasteiger partial charge is 0.174 e. The number of nitrogens with zero attached hydrogens (tertiary/aromatic N) is 3. The lowest BCUT2D eigenvalue weighted by molar-refractivity contribution is 0.146. The van der Waals surface area contributed by atoms with E-state index in [4.69, 9.17) is 33.3 Å². The zero-order valence-electron chi connectivity index (χ0n) is 21.3. The summed E-state index contributed by atoms with van der Waals surface area (Å²) in [6.45, 7) is 5.18. The number of methoxy groups -OCH3 is 1. The van der Waals surface area contributed by atoms with Gasteiger partial charge in [0.1, 0.15) is 12.4 Å². The molecule has 1 aliphatic rings. The van der Waals surface area contributed by atoms with Gasteiger partial charge in [0, 0.05) is 34.9 Å². The van der Waals surface area contributed by atoms with Crippen LogP contribution in [0.1, 0.15) is 34.7 Å². The molecule has 5 rings (SSSR count). The topological polar surface area (TPSA) is 51.6 Å².